The first-order valence-corrected chi connectivity index (χ1v) is 8.26. The maximum atomic E-state index is 12.5. The Hall–Kier alpha value is -2.34. The molecule has 120 valence electrons. The van der Waals surface area contributed by atoms with E-state index in [2.05, 4.69) is 5.32 Å². The Morgan fingerprint density at radius 2 is 2.09 bits per heavy atom. The van der Waals surface area contributed by atoms with Gasteiger partial charge in [-0.05, 0) is 36.8 Å². The van der Waals surface area contributed by atoms with Gasteiger partial charge in [0.05, 0.1) is 5.25 Å². The summed E-state index contributed by atoms with van der Waals surface area (Å²) in [6.45, 7) is 2.21. The fraction of sp³-hybridized carbons (Fsp3) is 0.235. The number of thioether (sulfide) groups is 1. The van der Waals surface area contributed by atoms with Crippen molar-refractivity contribution >= 4 is 29.0 Å². The Morgan fingerprint density at radius 1 is 1.26 bits per heavy atom. The van der Waals surface area contributed by atoms with Crippen molar-refractivity contribution in [2.24, 2.45) is 0 Å². The summed E-state index contributed by atoms with van der Waals surface area (Å²) in [4.78, 5) is 13.5. The Morgan fingerprint density at radius 3 is 2.87 bits per heavy atom. The number of carbonyl (C=O) groups excluding carboxylic acids is 1. The largest absolute Gasteiger partial charge is 0.454 e. The third-order valence-electron chi connectivity index (χ3n) is 3.44. The molecule has 2 aromatic rings. The minimum absolute atomic E-state index is 0.0428. The van der Waals surface area contributed by atoms with E-state index in [4.69, 9.17) is 15.2 Å². The number of hydrogen-bond acceptors (Lipinski definition) is 5. The lowest BCUT2D eigenvalue weighted by Crippen LogP contribution is -2.24. The molecule has 6 heteroatoms. The second-order valence-electron chi connectivity index (χ2n) is 5.14. The van der Waals surface area contributed by atoms with Crippen molar-refractivity contribution in [1.29, 1.82) is 0 Å². The van der Waals surface area contributed by atoms with E-state index in [1.807, 2.05) is 37.3 Å². The molecular formula is C17H18N2O3S. The maximum absolute atomic E-state index is 12.5. The van der Waals surface area contributed by atoms with Gasteiger partial charge in [0.1, 0.15) is 0 Å². The summed E-state index contributed by atoms with van der Waals surface area (Å²) in [6, 6.07) is 12.9. The van der Waals surface area contributed by atoms with Crippen molar-refractivity contribution in [2.75, 3.05) is 17.8 Å². The summed E-state index contributed by atoms with van der Waals surface area (Å²) >= 11 is 1.51. The maximum Gasteiger partial charge on any atom is 0.237 e. The molecule has 1 aliphatic rings. The summed E-state index contributed by atoms with van der Waals surface area (Å²) in [6.07, 6.45) is 0.718. The number of ether oxygens (including phenoxy) is 2. The molecule has 1 amide bonds. The van der Waals surface area contributed by atoms with E-state index in [1.54, 1.807) is 12.1 Å². The highest BCUT2D eigenvalue weighted by molar-refractivity contribution is 8.00. The fourth-order valence-electron chi connectivity index (χ4n) is 2.27. The van der Waals surface area contributed by atoms with E-state index in [0.717, 1.165) is 11.3 Å². The average Bonchev–Trinajstić information content (AvgIpc) is 3.00. The lowest BCUT2D eigenvalue weighted by atomic mass is 10.2. The number of anilines is 2. The molecule has 0 saturated heterocycles. The van der Waals surface area contributed by atoms with Crippen LogP contribution in [0.15, 0.2) is 47.4 Å². The van der Waals surface area contributed by atoms with Gasteiger partial charge in [-0.25, -0.2) is 0 Å². The first-order valence-electron chi connectivity index (χ1n) is 7.38. The highest BCUT2D eigenvalue weighted by atomic mass is 32.2. The SMILES string of the molecule is CCC(Sc1cccc(N)c1)C(=O)Nc1ccc2c(c1)OCO2. The van der Waals surface area contributed by atoms with Crippen molar-refractivity contribution in [3.8, 4) is 11.5 Å². The zero-order chi connectivity index (χ0) is 16.2. The molecular weight excluding hydrogens is 312 g/mol. The van der Waals surface area contributed by atoms with Gasteiger partial charge in [0.2, 0.25) is 12.7 Å². The fourth-order valence-corrected chi connectivity index (χ4v) is 3.29. The van der Waals surface area contributed by atoms with Gasteiger partial charge in [0.25, 0.3) is 0 Å². The average molecular weight is 330 g/mol. The van der Waals surface area contributed by atoms with E-state index < -0.39 is 0 Å². The normalized spacial score (nSPS) is 13.6. The number of hydrogen-bond donors (Lipinski definition) is 2. The molecule has 3 rings (SSSR count). The van der Waals surface area contributed by atoms with Crippen LogP contribution in [0.1, 0.15) is 13.3 Å². The number of nitrogens with one attached hydrogen (secondary N) is 1. The summed E-state index contributed by atoms with van der Waals surface area (Å²) in [5, 5.41) is 2.74. The Kier molecular flexibility index (Phi) is 4.62. The van der Waals surface area contributed by atoms with Crippen molar-refractivity contribution in [3.63, 3.8) is 0 Å². The molecule has 0 saturated carbocycles. The quantitative estimate of drug-likeness (QED) is 0.648. The van der Waals surface area contributed by atoms with Crippen molar-refractivity contribution in [2.45, 2.75) is 23.5 Å². The van der Waals surface area contributed by atoms with Crippen LogP contribution in [-0.4, -0.2) is 18.0 Å². The van der Waals surface area contributed by atoms with Gasteiger partial charge in [-0.1, -0.05) is 13.0 Å². The van der Waals surface area contributed by atoms with Crippen LogP contribution >= 0.6 is 11.8 Å². The third kappa shape index (κ3) is 3.71. The number of rotatable bonds is 5. The van der Waals surface area contributed by atoms with Crippen LogP contribution in [0.3, 0.4) is 0 Å². The topological polar surface area (TPSA) is 73.6 Å². The molecule has 1 aliphatic heterocycles. The third-order valence-corrected chi connectivity index (χ3v) is 4.80. The molecule has 0 bridgehead atoms. The molecule has 0 spiro atoms. The Labute approximate surface area is 139 Å². The lowest BCUT2D eigenvalue weighted by Gasteiger charge is -2.15. The number of fused-ring (bicyclic) bond motifs is 1. The molecule has 0 aliphatic carbocycles. The molecule has 1 atom stereocenters. The molecule has 5 nitrogen and oxygen atoms in total. The van der Waals surface area contributed by atoms with Crippen molar-refractivity contribution in [1.82, 2.24) is 0 Å². The number of benzene rings is 2. The number of nitrogen functional groups attached to an aromatic ring is 1. The van der Waals surface area contributed by atoms with Gasteiger partial charge in [-0.3, -0.25) is 4.79 Å². The lowest BCUT2D eigenvalue weighted by molar-refractivity contribution is -0.115. The van der Waals surface area contributed by atoms with Gasteiger partial charge in [0.15, 0.2) is 11.5 Å². The standard InChI is InChI=1S/C17H18N2O3S/c1-2-16(23-13-5-3-4-11(18)8-13)17(20)19-12-6-7-14-15(9-12)22-10-21-14/h3-9,16H,2,10,18H2,1H3,(H,19,20). The minimum Gasteiger partial charge on any atom is -0.454 e. The Bertz CT molecular complexity index is 721. The van der Waals surface area contributed by atoms with E-state index in [-0.39, 0.29) is 18.0 Å². The molecule has 0 aromatic heterocycles. The van der Waals surface area contributed by atoms with Crippen LogP contribution in [0, 0.1) is 0 Å². The highest BCUT2D eigenvalue weighted by Gasteiger charge is 2.20. The van der Waals surface area contributed by atoms with Crippen molar-refractivity contribution < 1.29 is 14.3 Å². The van der Waals surface area contributed by atoms with Crippen LogP contribution in [0.4, 0.5) is 11.4 Å². The number of amides is 1. The van der Waals surface area contributed by atoms with E-state index in [0.29, 0.717) is 22.9 Å². The predicted molar refractivity (Wildman–Crippen MR) is 92.0 cm³/mol. The van der Waals surface area contributed by atoms with Gasteiger partial charge in [-0.2, -0.15) is 0 Å². The summed E-state index contributed by atoms with van der Waals surface area (Å²) in [5.41, 5.74) is 7.18. The summed E-state index contributed by atoms with van der Waals surface area (Å²) in [5.74, 6) is 1.31. The zero-order valence-corrected chi connectivity index (χ0v) is 13.6. The first kappa shape index (κ1) is 15.6. The number of carbonyl (C=O) groups is 1. The van der Waals surface area contributed by atoms with Crippen molar-refractivity contribution in [3.05, 3.63) is 42.5 Å². The molecule has 0 fully saturated rings. The van der Waals surface area contributed by atoms with Gasteiger partial charge in [-0.15, -0.1) is 11.8 Å². The minimum atomic E-state index is -0.192. The number of nitrogens with two attached hydrogens (primary N) is 1. The van der Waals surface area contributed by atoms with Crippen LogP contribution in [0.5, 0.6) is 11.5 Å². The second-order valence-corrected chi connectivity index (χ2v) is 6.42. The molecule has 0 radical (unpaired) electrons. The molecule has 1 heterocycles. The molecule has 1 unspecified atom stereocenters. The van der Waals surface area contributed by atoms with E-state index in [9.17, 15) is 4.79 Å². The van der Waals surface area contributed by atoms with Crippen LogP contribution in [0.25, 0.3) is 0 Å². The van der Waals surface area contributed by atoms with Crippen LogP contribution in [-0.2, 0) is 4.79 Å². The van der Waals surface area contributed by atoms with E-state index in [1.165, 1.54) is 11.8 Å². The zero-order valence-electron chi connectivity index (χ0n) is 12.7. The predicted octanol–water partition coefficient (Wildman–Crippen LogP) is 3.51. The molecule has 3 N–H and O–H groups in total. The van der Waals surface area contributed by atoms with Gasteiger partial charge < -0.3 is 20.5 Å². The smallest absolute Gasteiger partial charge is 0.237 e. The van der Waals surface area contributed by atoms with Gasteiger partial charge >= 0.3 is 0 Å². The van der Waals surface area contributed by atoms with Crippen LogP contribution < -0.4 is 20.5 Å². The molecule has 23 heavy (non-hydrogen) atoms. The van der Waals surface area contributed by atoms with Gasteiger partial charge in [0, 0.05) is 22.3 Å². The van der Waals surface area contributed by atoms with Crippen LogP contribution in [0.2, 0.25) is 0 Å². The summed E-state index contributed by atoms with van der Waals surface area (Å²) < 4.78 is 10.6. The molecule has 2 aromatic carbocycles. The highest BCUT2D eigenvalue weighted by Crippen LogP contribution is 2.35. The first-order chi connectivity index (χ1) is 11.2. The Balaban J connectivity index is 1.68. The van der Waals surface area contributed by atoms with E-state index >= 15 is 0 Å². The summed E-state index contributed by atoms with van der Waals surface area (Å²) in [7, 11) is 0. The monoisotopic (exact) mass is 330 g/mol. The second kappa shape index (κ2) is 6.83.